The lowest BCUT2D eigenvalue weighted by atomic mass is 9.92. The molecule has 2 N–H and O–H groups in total. The third-order valence-corrected chi connectivity index (χ3v) is 3.01. The molecule has 2 heteroatoms. The molecule has 2 aromatic carbocycles. The van der Waals surface area contributed by atoms with Gasteiger partial charge in [-0.15, -0.1) is 0 Å². The van der Waals surface area contributed by atoms with Crippen LogP contribution in [0.4, 0.5) is 0 Å². The van der Waals surface area contributed by atoms with Gasteiger partial charge in [0.25, 0.3) is 0 Å². The summed E-state index contributed by atoms with van der Waals surface area (Å²) in [5, 5.41) is 2.36. The number of hydrogen-bond acceptors (Lipinski definition) is 1. The molecule has 17 heavy (non-hydrogen) atoms. The van der Waals surface area contributed by atoms with Crippen molar-refractivity contribution in [2.24, 2.45) is 5.73 Å². The molecule has 0 aliphatic heterocycles. The van der Waals surface area contributed by atoms with E-state index in [2.05, 4.69) is 38.1 Å². The number of carbonyl (C=O) groups is 1. The highest BCUT2D eigenvalue weighted by molar-refractivity contribution is 5.92. The second-order valence-corrected chi connectivity index (χ2v) is 4.66. The number of rotatable bonds is 3. The Kier molecular flexibility index (Phi) is 3.14. The lowest BCUT2D eigenvalue weighted by Crippen LogP contribution is -2.14. The SMILES string of the molecule is CC(C)c1cccc2cccc(CC(N)=O)c12. The van der Waals surface area contributed by atoms with Crippen LogP contribution >= 0.6 is 0 Å². The standard InChI is InChI=1S/C15H17NO/c1-10(2)13-8-4-6-11-5-3-7-12(15(11)13)9-14(16)17/h3-8,10H,9H2,1-2H3,(H2,16,17). The van der Waals surface area contributed by atoms with Crippen molar-refractivity contribution in [3.8, 4) is 0 Å². The first-order valence-corrected chi connectivity index (χ1v) is 5.88. The van der Waals surface area contributed by atoms with Gasteiger partial charge in [0.05, 0.1) is 6.42 Å². The van der Waals surface area contributed by atoms with Crippen LogP contribution in [0.15, 0.2) is 36.4 Å². The molecule has 0 unspecified atom stereocenters. The minimum absolute atomic E-state index is 0.281. The van der Waals surface area contributed by atoms with Gasteiger partial charge in [-0.25, -0.2) is 0 Å². The van der Waals surface area contributed by atoms with E-state index in [-0.39, 0.29) is 5.91 Å². The van der Waals surface area contributed by atoms with Gasteiger partial charge in [-0.2, -0.15) is 0 Å². The van der Waals surface area contributed by atoms with Gasteiger partial charge in [0.1, 0.15) is 0 Å². The zero-order valence-corrected chi connectivity index (χ0v) is 10.2. The molecule has 1 amide bonds. The van der Waals surface area contributed by atoms with E-state index in [9.17, 15) is 4.79 Å². The average Bonchev–Trinajstić information content (AvgIpc) is 2.27. The Bertz CT molecular complexity index is 553. The minimum atomic E-state index is -0.281. The van der Waals surface area contributed by atoms with E-state index in [1.54, 1.807) is 0 Å². The van der Waals surface area contributed by atoms with Crippen LogP contribution < -0.4 is 5.73 Å². The zero-order valence-electron chi connectivity index (χ0n) is 10.2. The van der Waals surface area contributed by atoms with Crippen molar-refractivity contribution in [3.05, 3.63) is 47.5 Å². The lowest BCUT2D eigenvalue weighted by Gasteiger charge is -2.13. The van der Waals surface area contributed by atoms with Crippen LogP contribution in [0.1, 0.15) is 30.9 Å². The van der Waals surface area contributed by atoms with E-state index in [1.807, 2.05) is 12.1 Å². The molecule has 0 fully saturated rings. The van der Waals surface area contributed by atoms with E-state index in [0.717, 1.165) is 5.56 Å². The van der Waals surface area contributed by atoms with E-state index in [1.165, 1.54) is 16.3 Å². The Morgan fingerprint density at radius 1 is 1.18 bits per heavy atom. The summed E-state index contributed by atoms with van der Waals surface area (Å²) < 4.78 is 0. The Hall–Kier alpha value is -1.83. The topological polar surface area (TPSA) is 43.1 Å². The van der Waals surface area contributed by atoms with Gasteiger partial charge in [-0.05, 0) is 27.8 Å². The van der Waals surface area contributed by atoms with E-state index < -0.39 is 0 Å². The van der Waals surface area contributed by atoms with Gasteiger partial charge >= 0.3 is 0 Å². The number of carbonyl (C=O) groups excluding carboxylic acids is 1. The summed E-state index contributed by atoms with van der Waals surface area (Å²) in [6, 6.07) is 12.3. The monoisotopic (exact) mass is 227 g/mol. The first kappa shape index (κ1) is 11.6. The molecule has 0 bridgehead atoms. The molecule has 2 rings (SSSR count). The fourth-order valence-corrected chi connectivity index (χ4v) is 2.27. The molecule has 2 aromatic rings. The van der Waals surface area contributed by atoms with Crippen LogP contribution in [-0.4, -0.2) is 5.91 Å². The summed E-state index contributed by atoms with van der Waals surface area (Å²) in [6.45, 7) is 4.33. The van der Waals surface area contributed by atoms with Crippen molar-refractivity contribution in [1.82, 2.24) is 0 Å². The molecule has 88 valence electrons. The number of primary amides is 1. The van der Waals surface area contributed by atoms with Gasteiger partial charge in [0, 0.05) is 0 Å². The van der Waals surface area contributed by atoms with Gasteiger partial charge in [-0.3, -0.25) is 4.79 Å². The molecular weight excluding hydrogens is 210 g/mol. The highest BCUT2D eigenvalue weighted by atomic mass is 16.1. The number of fused-ring (bicyclic) bond motifs is 1. The Balaban J connectivity index is 2.71. The van der Waals surface area contributed by atoms with E-state index in [0.29, 0.717) is 12.3 Å². The van der Waals surface area contributed by atoms with E-state index in [4.69, 9.17) is 5.73 Å². The Morgan fingerprint density at radius 2 is 1.82 bits per heavy atom. The van der Waals surface area contributed by atoms with Crippen molar-refractivity contribution < 1.29 is 4.79 Å². The van der Waals surface area contributed by atoms with E-state index >= 15 is 0 Å². The minimum Gasteiger partial charge on any atom is -0.369 e. The summed E-state index contributed by atoms with van der Waals surface area (Å²) in [6.07, 6.45) is 0.307. The molecule has 0 atom stereocenters. The second-order valence-electron chi connectivity index (χ2n) is 4.66. The summed E-state index contributed by atoms with van der Waals surface area (Å²) in [5.74, 6) is 0.156. The van der Waals surface area contributed by atoms with Crippen molar-refractivity contribution in [3.63, 3.8) is 0 Å². The summed E-state index contributed by atoms with van der Waals surface area (Å²) in [7, 11) is 0. The van der Waals surface area contributed by atoms with Crippen LogP contribution in [0.25, 0.3) is 10.8 Å². The van der Waals surface area contributed by atoms with Crippen LogP contribution in [0.2, 0.25) is 0 Å². The maximum absolute atomic E-state index is 11.1. The molecule has 0 heterocycles. The first-order valence-electron chi connectivity index (χ1n) is 5.88. The van der Waals surface area contributed by atoms with Gasteiger partial charge in [-0.1, -0.05) is 50.2 Å². The number of benzene rings is 2. The molecule has 2 nitrogen and oxygen atoms in total. The van der Waals surface area contributed by atoms with Crippen LogP contribution in [0.5, 0.6) is 0 Å². The fraction of sp³-hybridized carbons (Fsp3) is 0.267. The maximum Gasteiger partial charge on any atom is 0.221 e. The quantitative estimate of drug-likeness (QED) is 0.860. The van der Waals surface area contributed by atoms with Crippen molar-refractivity contribution >= 4 is 16.7 Å². The molecule has 0 spiro atoms. The molecule has 0 radical (unpaired) electrons. The third kappa shape index (κ3) is 2.31. The van der Waals surface area contributed by atoms with Gasteiger partial charge < -0.3 is 5.73 Å². The van der Waals surface area contributed by atoms with Crippen molar-refractivity contribution in [2.75, 3.05) is 0 Å². The Labute approximate surface area is 101 Å². The average molecular weight is 227 g/mol. The van der Waals surface area contributed by atoms with Crippen LogP contribution in [-0.2, 0) is 11.2 Å². The molecule has 0 saturated carbocycles. The normalized spacial score (nSPS) is 11.0. The highest BCUT2D eigenvalue weighted by Crippen LogP contribution is 2.28. The van der Waals surface area contributed by atoms with Gasteiger partial charge in [0.2, 0.25) is 5.91 Å². The molecule has 0 aromatic heterocycles. The summed E-state index contributed by atoms with van der Waals surface area (Å²) >= 11 is 0. The zero-order chi connectivity index (χ0) is 12.4. The number of nitrogens with two attached hydrogens (primary N) is 1. The molecule has 0 saturated heterocycles. The van der Waals surface area contributed by atoms with Crippen LogP contribution in [0, 0.1) is 0 Å². The fourth-order valence-electron chi connectivity index (χ4n) is 2.27. The third-order valence-electron chi connectivity index (χ3n) is 3.01. The highest BCUT2D eigenvalue weighted by Gasteiger charge is 2.10. The first-order chi connectivity index (χ1) is 8.09. The van der Waals surface area contributed by atoms with Crippen LogP contribution in [0.3, 0.4) is 0 Å². The largest absolute Gasteiger partial charge is 0.369 e. The van der Waals surface area contributed by atoms with Gasteiger partial charge in [0.15, 0.2) is 0 Å². The number of hydrogen-bond donors (Lipinski definition) is 1. The second kappa shape index (κ2) is 4.58. The number of amides is 1. The molecular formula is C15H17NO. The summed E-state index contributed by atoms with van der Waals surface area (Å²) in [4.78, 5) is 11.1. The van der Waals surface area contributed by atoms with Crippen molar-refractivity contribution in [2.45, 2.75) is 26.2 Å². The molecule has 0 aliphatic carbocycles. The predicted molar refractivity (Wildman–Crippen MR) is 70.9 cm³/mol. The summed E-state index contributed by atoms with van der Waals surface area (Å²) in [5.41, 5.74) is 7.61. The van der Waals surface area contributed by atoms with Crippen molar-refractivity contribution in [1.29, 1.82) is 0 Å². The molecule has 0 aliphatic rings. The lowest BCUT2D eigenvalue weighted by molar-refractivity contribution is -0.117. The smallest absolute Gasteiger partial charge is 0.221 e. The Morgan fingerprint density at radius 3 is 2.41 bits per heavy atom. The predicted octanol–water partition coefficient (Wildman–Crippen LogP) is 2.99. The maximum atomic E-state index is 11.1.